The third-order valence-electron chi connectivity index (χ3n) is 1.30. The molecule has 0 fully saturated rings. The highest BCUT2D eigenvalue weighted by Crippen LogP contribution is 2.30. The molecule has 1 heterocycles. The quantitative estimate of drug-likeness (QED) is 0.853. The second kappa shape index (κ2) is 3.45. The predicted octanol–water partition coefficient (Wildman–Crippen LogP) is 1.93. The van der Waals surface area contributed by atoms with Gasteiger partial charge in [0, 0.05) is 10.7 Å². The average Bonchev–Trinajstić information content (AvgIpc) is 2.05. The van der Waals surface area contributed by atoms with E-state index in [1.807, 2.05) is 0 Å². The number of pyridine rings is 1. The molecule has 1 aromatic rings. The van der Waals surface area contributed by atoms with Gasteiger partial charge in [0.1, 0.15) is 12.3 Å². The molecule has 0 atom stereocenters. The highest BCUT2D eigenvalue weighted by atomic mass is 79.9. The highest BCUT2D eigenvalue weighted by molar-refractivity contribution is 9.10. The summed E-state index contributed by atoms with van der Waals surface area (Å²) in [5, 5.41) is 8.36. The lowest BCUT2D eigenvalue weighted by Gasteiger charge is -2.13. The standard InChI is InChI=1S/C7H6BrF2NO/c8-5-2-1-3-11-6(5)7(9,10)4-12/h1-3,12H,4H2. The summed E-state index contributed by atoms with van der Waals surface area (Å²) in [4.78, 5) is 3.46. The molecular formula is C7H6BrF2NO. The molecule has 0 spiro atoms. The first kappa shape index (κ1) is 9.54. The Bertz CT molecular complexity index is 280. The molecule has 12 heavy (non-hydrogen) atoms. The monoisotopic (exact) mass is 237 g/mol. The van der Waals surface area contributed by atoms with Gasteiger partial charge in [-0.3, -0.25) is 4.98 Å². The largest absolute Gasteiger partial charge is 0.390 e. The smallest absolute Gasteiger partial charge is 0.313 e. The molecule has 0 aliphatic heterocycles. The van der Waals surface area contributed by atoms with Gasteiger partial charge in [0.25, 0.3) is 0 Å². The number of hydrogen-bond donors (Lipinski definition) is 1. The van der Waals surface area contributed by atoms with Crippen molar-refractivity contribution in [3.8, 4) is 0 Å². The van der Waals surface area contributed by atoms with Crippen LogP contribution in [0.2, 0.25) is 0 Å². The van der Waals surface area contributed by atoms with Crippen molar-refractivity contribution in [3.05, 3.63) is 28.5 Å². The van der Waals surface area contributed by atoms with E-state index in [4.69, 9.17) is 5.11 Å². The third kappa shape index (κ3) is 1.78. The van der Waals surface area contributed by atoms with Crippen LogP contribution in [0, 0.1) is 0 Å². The molecule has 0 radical (unpaired) electrons. The van der Waals surface area contributed by atoms with E-state index >= 15 is 0 Å². The molecule has 0 amide bonds. The lowest BCUT2D eigenvalue weighted by atomic mass is 10.2. The minimum atomic E-state index is -3.28. The summed E-state index contributed by atoms with van der Waals surface area (Å²) in [6.07, 6.45) is 1.25. The molecule has 0 aliphatic rings. The molecule has 0 aromatic carbocycles. The summed E-state index contributed by atoms with van der Waals surface area (Å²) in [6.45, 7) is -1.23. The van der Waals surface area contributed by atoms with E-state index in [0.717, 1.165) is 0 Å². The van der Waals surface area contributed by atoms with Crippen LogP contribution in [0.1, 0.15) is 5.69 Å². The van der Waals surface area contributed by atoms with Gasteiger partial charge in [-0.05, 0) is 28.1 Å². The number of alkyl halides is 2. The highest BCUT2D eigenvalue weighted by Gasteiger charge is 2.34. The van der Waals surface area contributed by atoms with Gasteiger partial charge >= 0.3 is 5.92 Å². The van der Waals surface area contributed by atoms with Crippen LogP contribution in [-0.4, -0.2) is 16.7 Å². The van der Waals surface area contributed by atoms with Gasteiger partial charge in [0.2, 0.25) is 0 Å². The normalized spacial score (nSPS) is 11.7. The van der Waals surface area contributed by atoms with E-state index in [-0.39, 0.29) is 4.47 Å². The van der Waals surface area contributed by atoms with E-state index in [9.17, 15) is 8.78 Å². The van der Waals surface area contributed by atoms with Gasteiger partial charge in [-0.1, -0.05) is 0 Å². The molecule has 0 bridgehead atoms. The molecule has 1 N–H and O–H groups in total. The van der Waals surface area contributed by atoms with Gasteiger partial charge < -0.3 is 5.11 Å². The summed E-state index contributed by atoms with van der Waals surface area (Å²) in [5.74, 6) is -3.28. The fourth-order valence-corrected chi connectivity index (χ4v) is 1.27. The molecule has 5 heteroatoms. The molecule has 1 rings (SSSR count). The minimum absolute atomic E-state index is 0.198. The van der Waals surface area contributed by atoms with Crippen molar-refractivity contribution in [3.63, 3.8) is 0 Å². The first-order valence-electron chi connectivity index (χ1n) is 3.17. The Hall–Kier alpha value is -0.550. The van der Waals surface area contributed by atoms with Gasteiger partial charge in [-0.25, -0.2) is 0 Å². The SMILES string of the molecule is OCC(F)(F)c1ncccc1Br. The third-order valence-corrected chi connectivity index (χ3v) is 1.94. The second-order valence-electron chi connectivity index (χ2n) is 2.20. The molecule has 0 unspecified atom stereocenters. The van der Waals surface area contributed by atoms with Crippen molar-refractivity contribution in [2.45, 2.75) is 5.92 Å². The second-order valence-corrected chi connectivity index (χ2v) is 3.05. The fraction of sp³-hybridized carbons (Fsp3) is 0.286. The lowest BCUT2D eigenvalue weighted by Crippen LogP contribution is -2.20. The molecule has 0 saturated heterocycles. The number of hydrogen-bond acceptors (Lipinski definition) is 2. The Labute approximate surface area is 76.4 Å². The number of aromatic nitrogens is 1. The number of aliphatic hydroxyl groups is 1. The van der Waals surface area contributed by atoms with E-state index in [1.54, 1.807) is 0 Å². The topological polar surface area (TPSA) is 33.1 Å². The first-order valence-corrected chi connectivity index (χ1v) is 3.97. The van der Waals surface area contributed by atoms with E-state index < -0.39 is 18.2 Å². The fourth-order valence-electron chi connectivity index (χ4n) is 0.730. The van der Waals surface area contributed by atoms with Crippen LogP contribution in [0.5, 0.6) is 0 Å². The predicted molar refractivity (Wildman–Crippen MR) is 42.9 cm³/mol. The van der Waals surface area contributed by atoms with Crippen molar-refractivity contribution >= 4 is 15.9 Å². The maximum absolute atomic E-state index is 12.8. The summed E-state index contributed by atoms with van der Waals surface area (Å²) < 4.78 is 25.8. The number of rotatable bonds is 2. The number of halogens is 3. The summed E-state index contributed by atoms with van der Waals surface area (Å²) >= 11 is 2.92. The van der Waals surface area contributed by atoms with Gasteiger partial charge in [0.05, 0.1) is 0 Å². The molecule has 1 aromatic heterocycles. The van der Waals surface area contributed by atoms with Gasteiger partial charge in [-0.15, -0.1) is 0 Å². The van der Waals surface area contributed by atoms with Crippen LogP contribution in [0.4, 0.5) is 8.78 Å². The van der Waals surface area contributed by atoms with Crippen LogP contribution in [0.25, 0.3) is 0 Å². The van der Waals surface area contributed by atoms with Crippen LogP contribution in [0.3, 0.4) is 0 Å². The van der Waals surface area contributed by atoms with Gasteiger partial charge in [0.15, 0.2) is 0 Å². The summed E-state index contributed by atoms with van der Waals surface area (Å²) in [7, 11) is 0. The molecule has 0 aliphatic carbocycles. The van der Waals surface area contributed by atoms with E-state index in [1.165, 1.54) is 18.3 Å². The van der Waals surface area contributed by atoms with Crippen molar-refractivity contribution in [2.75, 3.05) is 6.61 Å². The molecular weight excluding hydrogens is 232 g/mol. The zero-order valence-electron chi connectivity index (χ0n) is 5.97. The Morgan fingerprint density at radius 2 is 2.25 bits per heavy atom. The minimum Gasteiger partial charge on any atom is -0.390 e. The van der Waals surface area contributed by atoms with Crippen molar-refractivity contribution in [2.24, 2.45) is 0 Å². The zero-order valence-corrected chi connectivity index (χ0v) is 7.55. The molecule has 2 nitrogen and oxygen atoms in total. The van der Waals surface area contributed by atoms with Crippen molar-refractivity contribution in [1.29, 1.82) is 0 Å². The Morgan fingerprint density at radius 1 is 1.58 bits per heavy atom. The summed E-state index contributed by atoms with van der Waals surface area (Å²) in [5.41, 5.74) is -0.437. The van der Waals surface area contributed by atoms with Crippen LogP contribution in [-0.2, 0) is 5.92 Å². The van der Waals surface area contributed by atoms with E-state index in [0.29, 0.717) is 0 Å². The Kier molecular flexibility index (Phi) is 2.74. The van der Waals surface area contributed by atoms with E-state index in [2.05, 4.69) is 20.9 Å². The van der Waals surface area contributed by atoms with Crippen molar-refractivity contribution < 1.29 is 13.9 Å². The van der Waals surface area contributed by atoms with Crippen LogP contribution < -0.4 is 0 Å². The number of nitrogens with zero attached hydrogens (tertiary/aromatic N) is 1. The lowest BCUT2D eigenvalue weighted by molar-refractivity contribution is -0.0598. The zero-order chi connectivity index (χ0) is 9.19. The van der Waals surface area contributed by atoms with Gasteiger partial charge in [-0.2, -0.15) is 8.78 Å². The van der Waals surface area contributed by atoms with Crippen LogP contribution >= 0.6 is 15.9 Å². The summed E-state index contributed by atoms with van der Waals surface area (Å²) in [6, 6.07) is 2.98. The Balaban J connectivity index is 3.10. The van der Waals surface area contributed by atoms with Crippen molar-refractivity contribution in [1.82, 2.24) is 4.98 Å². The van der Waals surface area contributed by atoms with Crippen LogP contribution in [0.15, 0.2) is 22.8 Å². The maximum atomic E-state index is 12.8. The molecule has 66 valence electrons. The number of aliphatic hydroxyl groups excluding tert-OH is 1. The maximum Gasteiger partial charge on any atom is 0.313 e. The first-order chi connectivity index (χ1) is 5.58. The molecule has 0 saturated carbocycles. The average molecular weight is 238 g/mol. The Morgan fingerprint density at radius 3 is 2.75 bits per heavy atom.